The van der Waals surface area contributed by atoms with Crippen molar-refractivity contribution in [2.75, 3.05) is 0 Å². The van der Waals surface area contributed by atoms with Gasteiger partial charge in [0.2, 0.25) is 0 Å². The second kappa shape index (κ2) is 3.54. The Hall–Kier alpha value is 0.180. The van der Waals surface area contributed by atoms with Gasteiger partial charge in [-0.05, 0) is 21.5 Å². The zero-order valence-corrected chi connectivity index (χ0v) is 8.69. The van der Waals surface area contributed by atoms with Gasteiger partial charge in [-0.2, -0.15) is 11.3 Å². The summed E-state index contributed by atoms with van der Waals surface area (Å²) in [6, 6.07) is 8.39. The van der Waals surface area contributed by atoms with Crippen molar-refractivity contribution in [2.24, 2.45) is 0 Å². The van der Waals surface area contributed by atoms with Gasteiger partial charge in [0.1, 0.15) is 0 Å². The smallest absolute Gasteiger partial charge is 1.00 e. The summed E-state index contributed by atoms with van der Waals surface area (Å²) in [5.41, 5.74) is 0. The summed E-state index contributed by atoms with van der Waals surface area (Å²) in [4.78, 5) is 0. The fraction of sp³-hybridized carbons (Fsp3) is 0. The SMILES string of the molecule is [H-].[Na+].c1ccc2cscc2c1. The van der Waals surface area contributed by atoms with E-state index < -0.39 is 0 Å². The van der Waals surface area contributed by atoms with Gasteiger partial charge in [0.25, 0.3) is 0 Å². The normalized spacial score (nSPS) is 9.20. The molecule has 0 aliphatic carbocycles. The van der Waals surface area contributed by atoms with Gasteiger partial charge in [-0.3, -0.25) is 0 Å². The Morgan fingerprint density at radius 2 is 1.50 bits per heavy atom. The van der Waals surface area contributed by atoms with Crippen molar-refractivity contribution in [1.29, 1.82) is 0 Å². The van der Waals surface area contributed by atoms with Crippen LogP contribution >= 0.6 is 11.3 Å². The van der Waals surface area contributed by atoms with Crippen LogP contribution in [0.25, 0.3) is 10.8 Å². The number of rotatable bonds is 0. The van der Waals surface area contributed by atoms with Crippen LogP contribution in [-0.4, -0.2) is 0 Å². The molecule has 0 fully saturated rings. The Morgan fingerprint density at radius 3 is 2.00 bits per heavy atom. The van der Waals surface area contributed by atoms with Gasteiger partial charge < -0.3 is 1.43 Å². The molecule has 0 radical (unpaired) electrons. The molecule has 2 aromatic rings. The quantitative estimate of drug-likeness (QED) is 0.474. The number of fused-ring (bicyclic) bond motifs is 1. The van der Waals surface area contributed by atoms with Crippen LogP contribution in [0.1, 0.15) is 1.43 Å². The average molecular weight is 158 g/mol. The maximum absolute atomic E-state index is 2.16. The molecule has 10 heavy (non-hydrogen) atoms. The third-order valence-corrected chi connectivity index (χ3v) is 2.17. The molecule has 1 heterocycles. The molecule has 0 aliphatic heterocycles. The molecule has 0 unspecified atom stereocenters. The van der Waals surface area contributed by atoms with Crippen LogP contribution in [0.15, 0.2) is 35.0 Å². The molecule has 0 atom stereocenters. The molecular weight excluding hydrogens is 151 g/mol. The summed E-state index contributed by atoms with van der Waals surface area (Å²) in [5.74, 6) is 0. The monoisotopic (exact) mass is 158 g/mol. The molecule has 0 nitrogen and oxygen atoms in total. The average Bonchev–Trinajstić information content (AvgIpc) is 2.33. The van der Waals surface area contributed by atoms with Crippen molar-refractivity contribution in [3.63, 3.8) is 0 Å². The zero-order valence-electron chi connectivity index (χ0n) is 6.87. The second-order valence-electron chi connectivity index (χ2n) is 2.00. The molecule has 0 saturated carbocycles. The van der Waals surface area contributed by atoms with Gasteiger partial charge in [-0.15, -0.1) is 0 Å². The van der Waals surface area contributed by atoms with E-state index in [1.165, 1.54) is 10.8 Å². The predicted octanol–water partition coefficient (Wildman–Crippen LogP) is 0.0178. The minimum atomic E-state index is 0. The molecule has 1 aromatic heterocycles. The Bertz CT molecular complexity index is 288. The van der Waals surface area contributed by atoms with E-state index in [0.717, 1.165) is 0 Å². The van der Waals surface area contributed by atoms with Gasteiger partial charge in [-0.25, -0.2) is 0 Å². The van der Waals surface area contributed by atoms with Crippen molar-refractivity contribution >= 4 is 22.1 Å². The number of thiophene rings is 1. The molecule has 0 spiro atoms. The molecule has 0 aliphatic rings. The van der Waals surface area contributed by atoms with Crippen molar-refractivity contribution in [3.05, 3.63) is 35.0 Å². The summed E-state index contributed by atoms with van der Waals surface area (Å²) in [6.07, 6.45) is 0. The number of hydrogen-bond donors (Lipinski definition) is 0. The molecule has 0 bridgehead atoms. The third kappa shape index (κ3) is 1.43. The van der Waals surface area contributed by atoms with E-state index in [4.69, 9.17) is 0 Å². The van der Waals surface area contributed by atoms with Gasteiger partial charge >= 0.3 is 29.6 Å². The van der Waals surface area contributed by atoms with Crippen LogP contribution < -0.4 is 29.6 Å². The van der Waals surface area contributed by atoms with E-state index in [9.17, 15) is 0 Å². The Balaban J connectivity index is 0.000000500. The fourth-order valence-corrected chi connectivity index (χ4v) is 1.70. The Morgan fingerprint density at radius 1 is 1.00 bits per heavy atom. The first-order chi connectivity index (χ1) is 4.47. The van der Waals surface area contributed by atoms with Crippen molar-refractivity contribution in [2.45, 2.75) is 0 Å². The standard InChI is InChI=1S/C8H6S.Na.H/c1-2-4-8-6-9-5-7(8)3-1;;/h1-6H;;/q;+1;-1. The zero-order chi connectivity index (χ0) is 6.10. The van der Waals surface area contributed by atoms with E-state index in [-0.39, 0.29) is 31.0 Å². The van der Waals surface area contributed by atoms with Crippen molar-refractivity contribution in [1.82, 2.24) is 0 Å². The van der Waals surface area contributed by atoms with Crippen LogP contribution in [-0.2, 0) is 0 Å². The summed E-state index contributed by atoms with van der Waals surface area (Å²) >= 11 is 1.75. The molecular formula is C8H7NaS. The molecule has 2 heteroatoms. The van der Waals surface area contributed by atoms with E-state index >= 15 is 0 Å². The van der Waals surface area contributed by atoms with Gasteiger partial charge in [0.15, 0.2) is 0 Å². The molecule has 2 rings (SSSR count). The maximum Gasteiger partial charge on any atom is 1.00 e. The second-order valence-corrected chi connectivity index (χ2v) is 2.74. The van der Waals surface area contributed by atoms with E-state index in [2.05, 4.69) is 35.0 Å². The molecule has 46 valence electrons. The topological polar surface area (TPSA) is 0 Å². The largest absolute Gasteiger partial charge is 1.00 e. The summed E-state index contributed by atoms with van der Waals surface area (Å²) < 4.78 is 0. The van der Waals surface area contributed by atoms with Crippen LogP contribution in [0.4, 0.5) is 0 Å². The molecule has 0 saturated heterocycles. The minimum Gasteiger partial charge on any atom is -1.00 e. The van der Waals surface area contributed by atoms with E-state index in [1.807, 2.05) is 0 Å². The third-order valence-electron chi connectivity index (χ3n) is 1.39. The van der Waals surface area contributed by atoms with Crippen LogP contribution in [0.5, 0.6) is 0 Å². The summed E-state index contributed by atoms with van der Waals surface area (Å²) in [7, 11) is 0. The first kappa shape index (κ1) is 8.28. The summed E-state index contributed by atoms with van der Waals surface area (Å²) in [5, 5.41) is 7.02. The van der Waals surface area contributed by atoms with Gasteiger partial charge in [-0.1, -0.05) is 24.3 Å². The predicted molar refractivity (Wildman–Crippen MR) is 42.9 cm³/mol. The van der Waals surface area contributed by atoms with Crippen molar-refractivity contribution < 1.29 is 31.0 Å². The molecule has 0 N–H and O–H groups in total. The molecule has 1 aromatic carbocycles. The van der Waals surface area contributed by atoms with Crippen molar-refractivity contribution in [3.8, 4) is 0 Å². The van der Waals surface area contributed by atoms with Crippen LogP contribution in [0.2, 0.25) is 0 Å². The first-order valence-electron chi connectivity index (χ1n) is 2.88. The number of hydrogen-bond acceptors (Lipinski definition) is 1. The van der Waals surface area contributed by atoms with E-state index in [0.29, 0.717) is 0 Å². The number of benzene rings is 1. The maximum atomic E-state index is 2.16. The fourth-order valence-electron chi connectivity index (χ4n) is 0.906. The van der Waals surface area contributed by atoms with Gasteiger partial charge in [0.05, 0.1) is 0 Å². The van der Waals surface area contributed by atoms with Gasteiger partial charge in [0, 0.05) is 0 Å². The minimum absolute atomic E-state index is 0. The first-order valence-corrected chi connectivity index (χ1v) is 3.82. The summed E-state index contributed by atoms with van der Waals surface area (Å²) in [6.45, 7) is 0. The van der Waals surface area contributed by atoms with Crippen LogP contribution in [0, 0.1) is 0 Å². The van der Waals surface area contributed by atoms with E-state index in [1.54, 1.807) is 11.3 Å². The molecule has 0 amide bonds. The Kier molecular flexibility index (Phi) is 2.93. The van der Waals surface area contributed by atoms with Crippen LogP contribution in [0.3, 0.4) is 0 Å². The Labute approximate surface area is 87.7 Å².